The molecule has 1 fully saturated rings. The van der Waals surface area contributed by atoms with Gasteiger partial charge in [0, 0.05) is 31.4 Å². The first-order chi connectivity index (χ1) is 13.0. The molecule has 1 aromatic heterocycles. The zero-order valence-corrected chi connectivity index (χ0v) is 19.9. The lowest BCUT2D eigenvalue weighted by Crippen LogP contribution is -2.51. The van der Waals surface area contributed by atoms with Crippen molar-refractivity contribution >= 4 is 41.3 Å². The molecule has 2 atom stereocenters. The van der Waals surface area contributed by atoms with Crippen LogP contribution in [0.15, 0.2) is 29.3 Å². The fourth-order valence-electron chi connectivity index (χ4n) is 3.41. The molecule has 1 N–H and O–H groups in total. The zero-order chi connectivity index (χ0) is 19.4. The normalized spacial score (nSPS) is 20.0. The van der Waals surface area contributed by atoms with Crippen molar-refractivity contribution in [3.8, 4) is 0 Å². The quantitative estimate of drug-likeness (QED) is 0.377. The first-order valence-electron chi connectivity index (χ1n) is 9.25. The van der Waals surface area contributed by atoms with E-state index in [1.165, 1.54) is 17.0 Å². The summed E-state index contributed by atoms with van der Waals surface area (Å²) in [6.45, 7) is 8.43. The van der Waals surface area contributed by atoms with Crippen LogP contribution in [0.2, 0.25) is 0 Å². The number of nitrogens with one attached hydrogen (secondary N) is 1. The first-order valence-corrected chi connectivity index (χ1v) is 10.1. The van der Waals surface area contributed by atoms with Crippen LogP contribution in [-0.4, -0.2) is 48.6 Å². The number of aliphatic imine (C=N–C) groups is 1. The molecule has 0 amide bonds. The summed E-state index contributed by atoms with van der Waals surface area (Å²) in [5.41, 5.74) is 2.10. The van der Waals surface area contributed by atoms with Crippen LogP contribution in [0, 0.1) is 19.7 Å². The summed E-state index contributed by atoms with van der Waals surface area (Å²) in [6.07, 6.45) is 0.899. The molecular formula is C20H28FIN4OS. The molecule has 1 aliphatic rings. The van der Waals surface area contributed by atoms with Crippen molar-refractivity contribution in [3.05, 3.63) is 51.2 Å². The molecule has 0 radical (unpaired) electrons. The number of hydrogen-bond donors (Lipinski definition) is 1. The molecule has 2 unspecified atom stereocenters. The molecule has 0 saturated carbocycles. The van der Waals surface area contributed by atoms with Crippen LogP contribution in [-0.2, 0) is 11.2 Å². The third-order valence-corrected chi connectivity index (χ3v) is 5.78. The van der Waals surface area contributed by atoms with Gasteiger partial charge in [0.1, 0.15) is 11.9 Å². The van der Waals surface area contributed by atoms with Crippen molar-refractivity contribution in [2.75, 3.05) is 26.7 Å². The van der Waals surface area contributed by atoms with Gasteiger partial charge in [-0.2, -0.15) is 0 Å². The molecule has 1 aromatic carbocycles. The molecule has 1 saturated heterocycles. The van der Waals surface area contributed by atoms with E-state index in [4.69, 9.17) is 4.74 Å². The molecule has 154 valence electrons. The maximum atomic E-state index is 13.2. The summed E-state index contributed by atoms with van der Waals surface area (Å²) in [6, 6.07) is 6.55. The van der Waals surface area contributed by atoms with E-state index < -0.39 is 0 Å². The Morgan fingerprint density at radius 1 is 1.32 bits per heavy atom. The number of guanidine groups is 1. The minimum atomic E-state index is -0.231. The van der Waals surface area contributed by atoms with Gasteiger partial charge in [0.15, 0.2) is 5.96 Å². The van der Waals surface area contributed by atoms with Crippen LogP contribution < -0.4 is 5.32 Å². The van der Waals surface area contributed by atoms with Crippen molar-refractivity contribution in [1.29, 1.82) is 0 Å². The number of aromatic nitrogens is 1. The van der Waals surface area contributed by atoms with Crippen LogP contribution in [0.25, 0.3) is 0 Å². The van der Waals surface area contributed by atoms with Crippen molar-refractivity contribution in [2.45, 2.75) is 39.4 Å². The Hall–Kier alpha value is -1.26. The van der Waals surface area contributed by atoms with Crippen LogP contribution in [0.4, 0.5) is 4.39 Å². The Morgan fingerprint density at radius 2 is 2.04 bits per heavy atom. The number of hydrogen-bond acceptors (Lipinski definition) is 4. The third kappa shape index (κ3) is 5.87. The van der Waals surface area contributed by atoms with Gasteiger partial charge in [0.25, 0.3) is 0 Å². The van der Waals surface area contributed by atoms with Crippen molar-refractivity contribution < 1.29 is 9.13 Å². The lowest BCUT2D eigenvalue weighted by molar-refractivity contribution is -0.0604. The molecular weight excluding hydrogens is 490 g/mol. The van der Waals surface area contributed by atoms with Gasteiger partial charge in [-0.1, -0.05) is 12.1 Å². The number of nitrogens with zero attached hydrogens (tertiary/aromatic N) is 3. The van der Waals surface area contributed by atoms with Crippen molar-refractivity contribution in [2.24, 2.45) is 4.99 Å². The first kappa shape index (κ1) is 23.0. The Labute approximate surface area is 187 Å². The number of benzene rings is 1. The minimum absolute atomic E-state index is 0. The summed E-state index contributed by atoms with van der Waals surface area (Å²) in [7, 11) is 1.80. The van der Waals surface area contributed by atoms with Gasteiger partial charge in [-0.05, 0) is 38.5 Å². The van der Waals surface area contributed by atoms with Gasteiger partial charge in [-0.15, -0.1) is 35.3 Å². The molecule has 3 rings (SSSR count). The molecule has 8 heteroatoms. The highest BCUT2D eigenvalue weighted by molar-refractivity contribution is 14.0. The molecule has 0 spiro atoms. The summed E-state index contributed by atoms with van der Waals surface area (Å²) in [4.78, 5) is 12.5. The van der Waals surface area contributed by atoms with Crippen LogP contribution in [0.5, 0.6) is 0 Å². The number of morpholine rings is 1. The fourth-order valence-corrected chi connectivity index (χ4v) is 4.35. The van der Waals surface area contributed by atoms with E-state index in [-0.39, 0.29) is 42.0 Å². The predicted molar refractivity (Wildman–Crippen MR) is 123 cm³/mol. The summed E-state index contributed by atoms with van der Waals surface area (Å²) in [5.74, 6) is 0.640. The monoisotopic (exact) mass is 518 g/mol. The summed E-state index contributed by atoms with van der Waals surface area (Å²) < 4.78 is 19.3. The van der Waals surface area contributed by atoms with E-state index in [0.29, 0.717) is 6.54 Å². The van der Waals surface area contributed by atoms with E-state index in [0.717, 1.165) is 41.7 Å². The molecule has 28 heavy (non-hydrogen) atoms. The second-order valence-electron chi connectivity index (χ2n) is 6.86. The second kappa shape index (κ2) is 10.5. The second-order valence-corrected chi connectivity index (χ2v) is 8.15. The maximum absolute atomic E-state index is 13.2. The maximum Gasteiger partial charge on any atom is 0.193 e. The van der Waals surface area contributed by atoms with E-state index in [1.807, 2.05) is 6.92 Å². The average molecular weight is 518 g/mol. The zero-order valence-electron chi connectivity index (χ0n) is 16.7. The molecule has 0 aliphatic carbocycles. The van der Waals surface area contributed by atoms with Gasteiger partial charge in [0.2, 0.25) is 0 Å². The lowest BCUT2D eigenvalue weighted by atomic mass is 10.1. The van der Waals surface area contributed by atoms with Crippen LogP contribution >= 0.6 is 35.3 Å². The van der Waals surface area contributed by atoms with Crippen LogP contribution in [0.1, 0.15) is 34.2 Å². The van der Waals surface area contributed by atoms with Crippen LogP contribution in [0.3, 0.4) is 0 Å². The number of thiazole rings is 1. The lowest BCUT2D eigenvalue weighted by Gasteiger charge is -2.38. The van der Waals surface area contributed by atoms with E-state index in [2.05, 4.69) is 34.0 Å². The number of aryl methyl sites for hydroxylation is 2. The Balaban J connectivity index is 0.00000280. The van der Waals surface area contributed by atoms with Gasteiger partial charge >= 0.3 is 0 Å². The topological polar surface area (TPSA) is 49.8 Å². The predicted octanol–water partition coefficient (Wildman–Crippen LogP) is 4.10. The van der Waals surface area contributed by atoms with Gasteiger partial charge in [-0.3, -0.25) is 4.99 Å². The molecule has 2 heterocycles. The third-order valence-electron chi connectivity index (χ3n) is 4.65. The van der Waals surface area contributed by atoms with Gasteiger partial charge < -0.3 is 15.0 Å². The fraction of sp³-hybridized carbons (Fsp3) is 0.500. The molecule has 0 bridgehead atoms. The van der Waals surface area contributed by atoms with E-state index >= 15 is 0 Å². The number of ether oxygens (including phenoxy) is 1. The van der Waals surface area contributed by atoms with Crippen molar-refractivity contribution in [1.82, 2.24) is 15.2 Å². The highest BCUT2D eigenvalue weighted by Crippen LogP contribution is 2.25. The highest BCUT2D eigenvalue weighted by atomic mass is 127. The minimum Gasteiger partial charge on any atom is -0.367 e. The SMILES string of the molecule is CN=C(NCCc1sc(C)nc1C)N1CC(C)OC(c2ccc(F)cc2)C1.I. The van der Waals surface area contributed by atoms with E-state index in [1.54, 1.807) is 30.5 Å². The smallest absolute Gasteiger partial charge is 0.193 e. The van der Waals surface area contributed by atoms with E-state index in [9.17, 15) is 4.39 Å². The summed E-state index contributed by atoms with van der Waals surface area (Å²) >= 11 is 1.75. The molecule has 5 nitrogen and oxygen atoms in total. The average Bonchev–Trinajstić information content (AvgIpc) is 2.96. The van der Waals surface area contributed by atoms with Gasteiger partial charge in [0.05, 0.1) is 23.4 Å². The number of rotatable bonds is 4. The Bertz CT molecular complexity index is 796. The standard InChI is InChI=1S/C20H27FN4OS.HI/c1-13-11-25(12-18(26-13)16-5-7-17(21)8-6-16)20(22-4)23-10-9-19-14(2)24-15(3)27-19;/h5-8,13,18H,9-12H2,1-4H3,(H,22,23);1H. The molecule has 2 aromatic rings. The Morgan fingerprint density at radius 3 is 2.64 bits per heavy atom. The van der Waals surface area contributed by atoms with Gasteiger partial charge in [-0.25, -0.2) is 9.37 Å². The largest absolute Gasteiger partial charge is 0.367 e. The van der Waals surface area contributed by atoms with Crippen molar-refractivity contribution in [3.63, 3.8) is 0 Å². The highest BCUT2D eigenvalue weighted by Gasteiger charge is 2.28. The Kier molecular flexibility index (Phi) is 8.63. The number of halogens is 2. The molecule has 1 aliphatic heterocycles. The summed E-state index contributed by atoms with van der Waals surface area (Å²) in [5, 5.41) is 4.57.